The van der Waals surface area contributed by atoms with Gasteiger partial charge in [-0.3, -0.25) is 4.79 Å². The molecule has 0 atom stereocenters. The second-order valence-electron chi connectivity index (χ2n) is 3.26. The highest BCUT2D eigenvalue weighted by atomic mass is 16.1. The third-order valence-corrected chi connectivity index (χ3v) is 2.39. The second kappa shape index (κ2) is 4.13. The van der Waals surface area contributed by atoms with E-state index in [9.17, 15) is 4.79 Å². The maximum Gasteiger partial charge on any atom is 0.207 e. The number of hydrogen-bond acceptors (Lipinski definition) is 2. The number of aromatic nitrogens is 2. The lowest BCUT2D eigenvalue weighted by molar-refractivity contribution is -0.109. The standard InChI is InChI=1S/C11H13N3O/c1-2-14-10-6-4-3-5-9(10)13-11(14)7-12-8-15/h3-6,8H,2,7H2,1H3,(H,12,15). The summed E-state index contributed by atoms with van der Waals surface area (Å²) in [6.45, 7) is 3.40. The summed E-state index contributed by atoms with van der Waals surface area (Å²) in [7, 11) is 0. The highest BCUT2D eigenvalue weighted by molar-refractivity contribution is 5.75. The molecule has 1 aromatic carbocycles. The Kier molecular flexibility index (Phi) is 2.67. The van der Waals surface area contributed by atoms with Crippen molar-refractivity contribution in [3.05, 3.63) is 30.1 Å². The van der Waals surface area contributed by atoms with E-state index in [0.717, 1.165) is 23.4 Å². The highest BCUT2D eigenvalue weighted by Crippen LogP contribution is 2.15. The van der Waals surface area contributed by atoms with Gasteiger partial charge in [-0.15, -0.1) is 0 Å². The van der Waals surface area contributed by atoms with Crippen molar-refractivity contribution in [2.24, 2.45) is 0 Å². The third-order valence-electron chi connectivity index (χ3n) is 2.39. The summed E-state index contributed by atoms with van der Waals surface area (Å²) in [4.78, 5) is 14.7. The number of imidazole rings is 1. The van der Waals surface area contributed by atoms with Gasteiger partial charge in [0, 0.05) is 6.54 Å². The number of aryl methyl sites for hydroxylation is 1. The first-order chi connectivity index (χ1) is 7.36. The van der Waals surface area contributed by atoms with Gasteiger partial charge in [0.05, 0.1) is 17.6 Å². The number of para-hydroxylation sites is 2. The SMILES string of the molecule is CCn1c(CNC=O)nc2ccccc21. The molecule has 0 saturated carbocycles. The van der Waals surface area contributed by atoms with E-state index in [1.54, 1.807) is 0 Å². The summed E-state index contributed by atoms with van der Waals surface area (Å²) >= 11 is 0. The molecule has 0 aliphatic carbocycles. The van der Waals surface area contributed by atoms with Gasteiger partial charge in [-0.25, -0.2) is 4.98 Å². The number of nitrogens with one attached hydrogen (secondary N) is 1. The number of amides is 1. The topological polar surface area (TPSA) is 46.9 Å². The normalized spacial score (nSPS) is 10.5. The molecule has 15 heavy (non-hydrogen) atoms. The van der Waals surface area contributed by atoms with Crippen LogP contribution in [0.3, 0.4) is 0 Å². The summed E-state index contributed by atoms with van der Waals surface area (Å²) in [6.07, 6.45) is 0.694. The van der Waals surface area contributed by atoms with Crippen LogP contribution in [0, 0.1) is 0 Å². The summed E-state index contributed by atoms with van der Waals surface area (Å²) < 4.78 is 2.10. The van der Waals surface area contributed by atoms with E-state index in [4.69, 9.17) is 0 Å². The Morgan fingerprint density at radius 2 is 2.27 bits per heavy atom. The maximum absolute atomic E-state index is 10.2. The van der Waals surface area contributed by atoms with Crippen molar-refractivity contribution in [1.82, 2.24) is 14.9 Å². The van der Waals surface area contributed by atoms with Gasteiger partial charge in [-0.2, -0.15) is 0 Å². The van der Waals surface area contributed by atoms with Crippen molar-refractivity contribution in [3.8, 4) is 0 Å². The van der Waals surface area contributed by atoms with Crippen molar-refractivity contribution < 1.29 is 4.79 Å². The molecular formula is C11H13N3O. The van der Waals surface area contributed by atoms with Gasteiger partial charge in [0.15, 0.2) is 0 Å². The molecule has 0 aliphatic heterocycles. The molecule has 1 amide bonds. The van der Waals surface area contributed by atoms with Crippen molar-refractivity contribution >= 4 is 17.4 Å². The fraction of sp³-hybridized carbons (Fsp3) is 0.273. The minimum absolute atomic E-state index is 0.478. The molecule has 0 saturated heterocycles. The summed E-state index contributed by atoms with van der Waals surface area (Å²) in [6, 6.07) is 7.97. The summed E-state index contributed by atoms with van der Waals surface area (Å²) in [5, 5.41) is 2.64. The van der Waals surface area contributed by atoms with Gasteiger partial charge in [-0.05, 0) is 19.1 Å². The van der Waals surface area contributed by atoms with Gasteiger partial charge in [0.2, 0.25) is 6.41 Å². The van der Waals surface area contributed by atoms with E-state index in [2.05, 4.69) is 21.8 Å². The van der Waals surface area contributed by atoms with Crippen molar-refractivity contribution in [1.29, 1.82) is 0 Å². The Hall–Kier alpha value is -1.84. The van der Waals surface area contributed by atoms with Crippen LogP contribution in [-0.2, 0) is 17.9 Å². The Balaban J connectivity index is 2.48. The fourth-order valence-corrected chi connectivity index (χ4v) is 1.75. The van der Waals surface area contributed by atoms with Gasteiger partial charge in [0.1, 0.15) is 5.82 Å². The van der Waals surface area contributed by atoms with Crippen LogP contribution in [0.4, 0.5) is 0 Å². The number of benzene rings is 1. The zero-order chi connectivity index (χ0) is 10.7. The molecule has 2 aromatic rings. The van der Waals surface area contributed by atoms with Gasteiger partial charge < -0.3 is 9.88 Å². The first-order valence-electron chi connectivity index (χ1n) is 4.98. The number of hydrogen-bond donors (Lipinski definition) is 1. The first-order valence-corrected chi connectivity index (χ1v) is 4.98. The fourth-order valence-electron chi connectivity index (χ4n) is 1.75. The average Bonchev–Trinajstić information content (AvgIpc) is 2.63. The van der Waals surface area contributed by atoms with Crippen molar-refractivity contribution in [3.63, 3.8) is 0 Å². The number of rotatable bonds is 4. The quantitative estimate of drug-likeness (QED) is 0.761. The van der Waals surface area contributed by atoms with E-state index in [-0.39, 0.29) is 0 Å². The Bertz CT molecular complexity index is 476. The molecule has 0 bridgehead atoms. The Labute approximate surface area is 87.9 Å². The molecule has 78 valence electrons. The number of carbonyl (C=O) groups excluding carboxylic acids is 1. The number of nitrogens with zero attached hydrogens (tertiary/aromatic N) is 2. The van der Waals surface area contributed by atoms with Crippen LogP contribution in [-0.4, -0.2) is 16.0 Å². The van der Waals surface area contributed by atoms with Gasteiger partial charge >= 0.3 is 0 Å². The summed E-state index contributed by atoms with van der Waals surface area (Å²) in [5.74, 6) is 0.894. The largest absolute Gasteiger partial charge is 0.351 e. The zero-order valence-electron chi connectivity index (χ0n) is 8.60. The molecule has 0 spiro atoms. The van der Waals surface area contributed by atoms with Crippen LogP contribution in [0.1, 0.15) is 12.7 Å². The number of fused-ring (bicyclic) bond motifs is 1. The second-order valence-corrected chi connectivity index (χ2v) is 3.26. The zero-order valence-corrected chi connectivity index (χ0v) is 8.60. The predicted molar refractivity (Wildman–Crippen MR) is 58.3 cm³/mol. The van der Waals surface area contributed by atoms with Gasteiger partial charge in [0.25, 0.3) is 0 Å². The smallest absolute Gasteiger partial charge is 0.207 e. The minimum atomic E-state index is 0.478. The monoisotopic (exact) mass is 203 g/mol. The molecule has 4 heteroatoms. The van der Waals surface area contributed by atoms with Crippen molar-refractivity contribution in [2.45, 2.75) is 20.0 Å². The van der Waals surface area contributed by atoms with Crippen LogP contribution in [0.15, 0.2) is 24.3 Å². The molecule has 0 fully saturated rings. The van der Waals surface area contributed by atoms with Crippen LogP contribution >= 0.6 is 0 Å². The Morgan fingerprint density at radius 1 is 1.47 bits per heavy atom. The predicted octanol–water partition coefficient (Wildman–Crippen LogP) is 1.30. The molecule has 0 unspecified atom stereocenters. The first kappa shape index (κ1) is 9.71. The molecule has 0 radical (unpaired) electrons. The average molecular weight is 203 g/mol. The van der Waals surface area contributed by atoms with E-state index in [1.807, 2.05) is 24.3 Å². The lowest BCUT2D eigenvalue weighted by Crippen LogP contribution is -2.14. The lowest BCUT2D eigenvalue weighted by Gasteiger charge is -2.04. The molecule has 1 aromatic heterocycles. The third kappa shape index (κ3) is 1.70. The molecule has 4 nitrogen and oxygen atoms in total. The maximum atomic E-state index is 10.2. The van der Waals surface area contributed by atoms with Crippen LogP contribution in [0.25, 0.3) is 11.0 Å². The molecule has 2 rings (SSSR count). The molecule has 0 aliphatic rings. The van der Waals surface area contributed by atoms with Crippen LogP contribution in [0.5, 0.6) is 0 Å². The Morgan fingerprint density at radius 3 is 3.00 bits per heavy atom. The summed E-state index contributed by atoms with van der Waals surface area (Å²) in [5.41, 5.74) is 2.09. The molecular weight excluding hydrogens is 190 g/mol. The molecule has 1 heterocycles. The van der Waals surface area contributed by atoms with Crippen LogP contribution < -0.4 is 5.32 Å². The highest BCUT2D eigenvalue weighted by Gasteiger charge is 2.07. The van der Waals surface area contributed by atoms with Crippen LogP contribution in [0.2, 0.25) is 0 Å². The van der Waals surface area contributed by atoms with E-state index < -0.39 is 0 Å². The van der Waals surface area contributed by atoms with Crippen molar-refractivity contribution in [2.75, 3.05) is 0 Å². The van der Waals surface area contributed by atoms with E-state index in [0.29, 0.717) is 13.0 Å². The lowest BCUT2D eigenvalue weighted by atomic mass is 10.3. The molecule has 1 N–H and O–H groups in total. The number of carbonyl (C=O) groups is 1. The minimum Gasteiger partial charge on any atom is -0.351 e. The van der Waals surface area contributed by atoms with E-state index >= 15 is 0 Å². The van der Waals surface area contributed by atoms with Gasteiger partial charge in [-0.1, -0.05) is 12.1 Å². The van der Waals surface area contributed by atoms with E-state index in [1.165, 1.54) is 0 Å².